The zero-order valence-electron chi connectivity index (χ0n) is 10.9. The van der Waals surface area contributed by atoms with E-state index in [1.807, 2.05) is 6.92 Å². The molecule has 0 aliphatic heterocycles. The van der Waals surface area contributed by atoms with E-state index in [-0.39, 0.29) is 11.6 Å². The van der Waals surface area contributed by atoms with Crippen LogP contribution in [0.4, 0.5) is 10.2 Å². The maximum Gasteiger partial charge on any atom is 0.186 e. The van der Waals surface area contributed by atoms with Crippen molar-refractivity contribution in [2.75, 3.05) is 11.9 Å². The van der Waals surface area contributed by atoms with E-state index in [1.165, 1.54) is 0 Å². The molecule has 0 radical (unpaired) electrons. The third-order valence-corrected chi connectivity index (χ3v) is 2.68. The smallest absolute Gasteiger partial charge is 0.186 e. The predicted molar refractivity (Wildman–Crippen MR) is 72.6 cm³/mol. The highest BCUT2D eigenvalue weighted by molar-refractivity contribution is 5.58. The van der Waals surface area contributed by atoms with Gasteiger partial charge in [-0.1, -0.05) is 6.92 Å². The molecule has 0 aliphatic rings. The highest BCUT2D eigenvalue weighted by Crippen LogP contribution is 2.22. The second kappa shape index (κ2) is 5.65. The second-order valence-corrected chi connectivity index (χ2v) is 4.27. The fourth-order valence-corrected chi connectivity index (χ4v) is 1.66. The maximum atomic E-state index is 13.9. The van der Waals surface area contributed by atoms with Gasteiger partial charge in [-0.25, -0.2) is 14.4 Å². The van der Waals surface area contributed by atoms with Crippen LogP contribution in [0, 0.1) is 12.7 Å². The molecule has 0 fully saturated rings. The number of phenolic OH excluding ortho intramolecular Hbond substituents is 1. The Balaban J connectivity index is 2.40. The van der Waals surface area contributed by atoms with Crippen LogP contribution in [0.1, 0.15) is 19.0 Å². The van der Waals surface area contributed by atoms with Crippen LogP contribution in [0.15, 0.2) is 24.3 Å². The predicted octanol–water partition coefficient (Wildman–Crippen LogP) is 3.12. The van der Waals surface area contributed by atoms with Crippen molar-refractivity contribution in [3.05, 3.63) is 35.8 Å². The van der Waals surface area contributed by atoms with Crippen molar-refractivity contribution in [1.29, 1.82) is 0 Å². The van der Waals surface area contributed by atoms with Crippen molar-refractivity contribution in [3.63, 3.8) is 0 Å². The zero-order chi connectivity index (χ0) is 13.8. The van der Waals surface area contributed by atoms with Gasteiger partial charge in [-0.15, -0.1) is 0 Å². The van der Waals surface area contributed by atoms with Gasteiger partial charge < -0.3 is 10.4 Å². The summed E-state index contributed by atoms with van der Waals surface area (Å²) < 4.78 is 13.9. The number of aromatic hydroxyl groups is 1. The van der Waals surface area contributed by atoms with Crippen LogP contribution in [0.3, 0.4) is 0 Å². The molecule has 0 spiro atoms. The number of nitrogens with one attached hydrogen (secondary N) is 1. The number of halogens is 1. The number of benzene rings is 1. The Labute approximate surface area is 111 Å². The molecule has 0 saturated carbocycles. The van der Waals surface area contributed by atoms with E-state index in [9.17, 15) is 9.50 Å². The van der Waals surface area contributed by atoms with Crippen molar-refractivity contribution < 1.29 is 9.50 Å². The molecule has 0 amide bonds. The van der Waals surface area contributed by atoms with Gasteiger partial charge in [0.25, 0.3) is 0 Å². The first-order valence-electron chi connectivity index (χ1n) is 6.19. The van der Waals surface area contributed by atoms with Gasteiger partial charge in [-0.05, 0) is 37.6 Å². The number of hydrogen-bond acceptors (Lipinski definition) is 4. The summed E-state index contributed by atoms with van der Waals surface area (Å²) in [7, 11) is 0. The summed E-state index contributed by atoms with van der Waals surface area (Å²) in [6, 6.07) is 6.50. The number of nitrogens with zero attached hydrogens (tertiary/aromatic N) is 2. The monoisotopic (exact) mass is 261 g/mol. The highest BCUT2D eigenvalue weighted by atomic mass is 19.1. The normalized spacial score (nSPS) is 10.5. The molecule has 5 heteroatoms. The maximum absolute atomic E-state index is 13.9. The number of aryl methyl sites for hydroxylation is 1. The number of hydrogen-bond donors (Lipinski definition) is 2. The molecule has 0 saturated heterocycles. The average molecular weight is 261 g/mol. The van der Waals surface area contributed by atoms with Gasteiger partial charge in [-0.3, -0.25) is 0 Å². The van der Waals surface area contributed by atoms with Crippen molar-refractivity contribution in [1.82, 2.24) is 9.97 Å². The van der Waals surface area contributed by atoms with Crippen LogP contribution >= 0.6 is 0 Å². The molecule has 2 rings (SSSR count). The summed E-state index contributed by atoms with van der Waals surface area (Å²) in [5.41, 5.74) is 1.04. The van der Waals surface area contributed by atoms with Gasteiger partial charge in [0, 0.05) is 12.1 Å². The van der Waals surface area contributed by atoms with E-state index < -0.39 is 5.82 Å². The first kappa shape index (κ1) is 13.3. The lowest BCUT2D eigenvalue weighted by Gasteiger charge is -2.09. The van der Waals surface area contributed by atoms with Gasteiger partial charge in [0.15, 0.2) is 17.5 Å². The van der Waals surface area contributed by atoms with Crippen LogP contribution in [-0.2, 0) is 0 Å². The summed E-state index contributed by atoms with van der Waals surface area (Å²) in [5, 5.41) is 12.2. The van der Waals surface area contributed by atoms with Crippen molar-refractivity contribution in [3.8, 4) is 17.1 Å². The van der Waals surface area contributed by atoms with E-state index in [2.05, 4.69) is 15.3 Å². The van der Waals surface area contributed by atoms with E-state index in [4.69, 9.17) is 0 Å². The number of aromatic nitrogens is 2. The van der Waals surface area contributed by atoms with Crippen LogP contribution in [-0.4, -0.2) is 21.6 Å². The third-order valence-electron chi connectivity index (χ3n) is 2.68. The van der Waals surface area contributed by atoms with Crippen molar-refractivity contribution in [2.24, 2.45) is 0 Å². The summed E-state index contributed by atoms with van der Waals surface area (Å²) in [6.45, 7) is 4.26. The van der Waals surface area contributed by atoms with Gasteiger partial charge in [0.05, 0.1) is 5.69 Å². The fraction of sp³-hybridized carbons (Fsp3) is 0.286. The fourth-order valence-electron chi connectivity index (χ4n) is 1.66. The molecule has 0 aliphatic carbocycles. The van der Waals surface area contributed by atoms with E-state index in [1.54, 1.807) is 31.2 Å². The minimum atomic E-state index is -0.420. The molecular formula is C14H16FN3O. The Bertz CT molecular complexity index is 570. The lowest BCUT2D eigenvalue weighted by Crippen LogP contribution is -2.08. The molecule has 2 aromatic rings. The Kier molecular flexibility index (Phi) is 3.94. The second-order valence-electron chi connectivity index (χ2n) is 4.27. The Hall–Kier alpha value is -2.17. The van der Waals surface area contributed by atoms with E-state index in [0.717, 1.165) is 12.0 Å². The van der Waals surface area contributed by atoms with Gasteiger partial charge in [0.1, 0.15) is 5.75 Å². The molecule has 0 atom stereocenters. The average Bonchev–Trinajstić information content (AvgIpc) is 2.41. The van der Waals surface area contributed by atoms with Crippen LogP contribution < -0.4 is 5.32 Å². The summed E-state index contributed by atoms with van der Waals surface area (Å²) in [5.74, 6) is 0.415. The van der Waals surface area contributed by atoms with Gasteiger partial charge >= 0.3 is 0 Å². The molecule has 1 aromatic carbocycles. The van der Waals surface area contributed by atoms with E-state index >= 15 is 0 Å². The Morgan fingerprint density at radius 1 is 1.21 bits per heavy atom. The van der Waals surface area contributed by atoms with Crippen LogP contribution in [0.5, 0.6) is 5.75 Å². The van der Waals surface area contributed by atoms with Crippen molar-refractivity contribution >= 4 is 5.82 Å². The summed E-state index contributed by atoms with van der Waals surface area (Å²) in [4.78, 5) is 8.33. The lowest BCUT2D eigenvalue weighted by molar-refractivity contribution is 0.475. The standard InChI is InChI=1S/C14H16FN3O/c1-3-8-16-14-12(15)9(2)17-13(18-14)10-4-6-11(19)7-5-10/h4-7,19H,3,8H2,1-2H3,(H,16,17,18). The van der Waals surface area contributed by atoms with Gasteiger partial charge in [0.2, 0.25) is 0 Å². The Morgan fingerprint density at radius 3 is 2.53 bits per heavy atom. The Morgan fingerprint density at radius 2 is 1.89 bits per heavy atom. The SMILES string of the molecule is CCCNc1nc(-c2ccc(O)cc2)nc(C)c1F. The number of phenols is 1. The quantitative estimate of drug-likeness (QED) is 0.887. The first-order valence-corrected chi connectivity index (χ1v) is 6.19. The largest absolute Gasteiger partial charge is 0.508 e. The number of anilines is 1. The molecule has 4 nitrogen and oxygen atoms in total. The molecule has 100 valence electrons. The summed E-state index contributed by atoms with van der Waals surface area (Å²) in [6.07, 6.45) is 0.886. The minimum absolute atomic E-state index is 0.173. The molecule has 1 heterocycles. The van der Waals surface area contributed by atoms with Crippen LogP contribution in [0.25, 0.3) is 11.4 Å². The highest BCUT2D eigenvalue weighted by Gasteiger charge is 2.12. The first-order chi connectivity index (χ1) is 9.11. The number of rotatable bonds is 4. The third kappa shape index (κ3) is 2.99. The van der Waals surface area contributed by atoms with Gasteiger partial charge in [-0.2, -0.15) is 0 Å². The molecule has 0 bridgehead atoms. The molecular weight excluding hydrogens is 245 g/mol. The molecule has 19 heavy (non-hydrogen) atoms. The van der Waals surface area contributed by atoms with Crippen molar-refractivity contribution in [2.45, 2.75) is 20.3 Å². The lowest BCUT2D eigenvalue weighted by atomic mass is 10.2. The zero-order valence-corrected chi connectivity index (χ0v) is 10.9. The minimum Gasteiger partial charge on any atom is -0.508 e. The molecule has 2 N–H and O–H groups in total. The summed E-state index contributed by atoms with van der Waals surface area (Å²) >= 11 is 0. The van der Waals surface area contributed by atoms with Crippen LogP contribution in [0.2, 0.25) is 0 Å². The molecule has 0 unspecified atom stereocenters. The molecule has 1 aromatic heterocycles. The van der Waals surface area contributed by atoms with E-state index in [0.29, 0.717) is 18.1 Å². The topological polar surface area (TPSA) is 58.0 Å².